The van der Waals surface area contributed by atoms with Gasteiger partial charge in [-0.3, -0.25) is 4.79 Å². The number of halogens is 3. The number of aromatic nitrogens is 2. The molecule has 1 amide bonds. The van der Waals surface area contributed by atoms with Gasteiger partial charge in [-0.15, -0.1) is 23.4 Å². The highest BCUT2D eigenvalue weighted by Crippen LogP contribution is 2.37. The van der Waals surface area contributed by atoms with Crippen LogP contribution in [-0.2, 0) is 31.5 Å². The fourth-order valence-corrected chi connectivity index (χ4v) is 6.03. The minimum absolute atomic E-state index is 0.0225. The van der Waals surface area contributed by atoms with Crippen LogP contribution in [0.25, 0.3) is 11.5 Å². The zero-order valence-electron chi connectivity index (χ0n) is 20.3. The molecule has 1 fully saturated rings. The van der Waals surface area contributed by atoms with Gasteiger partial charge >= 0.3 is 6.36 Å². The van der Waals surface area contributed by atoms with Gasteiger partial charge in [0, 0.05) is 18.8 Å². The summed E-state index contributed by atoms with van der Waals surface area (Å²) in [4.78, 5) is 14.3. The second-order valence-corrected chi connectivity index (χ2v) is 11.4. The van der Waals surface area contributed by atoms with E-state index in [2.05, 4.69) is 14.9 Å². The third-order valence-corrected chi connectivity index (χ3v) is 8.36. The first kappa shape index (κ1) is 27.1. The molecule has 2 aliphatic heterocycles. The van der Waals surface area contributed by atoms with Gasteiger partial charge in [0.1, 0.15) is 5.75 Å². The Kier molecular flexibility index (Phi) is 6.86. The summed E-state index contributed by atoms with van der Waals surface area (Å²) in [5, 5.41) is 8.16. The smallest absolute Gasteiger partial charge is 0.419 e. The summed E-state index contributed by atoms with van der Waals surface area (Å²) in [6, 6.07) is 7.73. The van der Waals surface area contributed by atoms with Crippen molar-refractivity contribution in [3.63, 3.8) is 0 Å². The maximum atomic E-state index is 13.2. The van der Waals surface area contributed by atoms with Gasteiger partial charge in [-0.05, 0) is 48.7 Å². The van der Waals surface area contributed by atoms with E-state index in [1.807, 2.05) is 0 Å². The van der Waals surface area contributed by atoms with Crippen LogP contribution in [-0.4, -0.2) is 55.9 Å². The molecule has 39 heavy (non-hydrogen) atoms. The van der Waals surface area contributed by atoms with Crippen LogP contribution in [0.5, 0.6) is 5.75 Å². The molecule has 1 saturated heterocycles. The van der Waals surface area contributed by atoms with Crippen molar-refractivity contribution in [2.75, 3.05) is 23.9 Å². The Morgan fingerprint density at radius 2 is 1.79 bits per heavy atom. The summed E-state index contributed by atoms with van der Waals surface area (Å²) in [5.41, 5.74) is 12.3. The molecular formula is C24H24F3N5O6S. The monoisotopic (exact) mass is 567 g/mol. The molecule has 0 aliphatic carbocycles. The molecule has 4 N–H and O–H groups in total. The number of benzene rings is 2. The van der Waals surface area contributed by atoms with Gasteiger partial charge in [0.05, 0.1) is 34.5 Å². The average Bonchev–Trinajstić information content (AvgIpc) is 3.36. The Balaban J connectivity index is 1.51. The number of amides is 1. The van der Waals surface area contributed by atoms with E-state index < -0.39 is 45.2 Å². The highest BCUT2D eigenvalue weighted by Gasteiger charge is 2.38. The molecule has 3 aromatic rings. The number of carbonyl (C=O) groups is 1. The van der Waals surface area contributed by atoms with E-state index in [0.29, 0.717) is 37.2 Å². The molecule has 2 aromatic carbocycles. The number of carbonyl (C=O) groups excluding carboxylic acids is 1. The Morgan fingerprint density at radius 1 is 1.10 bits per heavy atom. The zero-order chi connectivity index (χ0) is 28.0. The molecule has 0 spiro atoms. The Bertz CT molecular complexity index is 1490. The van der Waals surface area contributed by atoms with Crippen molar-refractivity contribution in [2.45, 2.75) is 42.2 Å². The van der Waals surface area contributed by atoms with Gasteiger partial charge in [0.2, 0.25) is 17.7 Å². The average molecular weight is 568 g/mol. The standard InChI is InChI=1S/C24H24F3N5O6S/c25-24(26,27)38-16-4-1-14(2-5-16)12-32-18-11-15(3-6-19(18)39(34,35)13-17(28)21(32)33)20-30-31-22(37-20)23(29)7-9-36-10-8-23/h1-6,11,17H,7-10,12-13,28-29H2/t17-/m0/s1. The molecule has 0 radical (unpaired) electrons. The lowest BCUT2D eigenvalue weighted by atomic mass is 9.91. The largest absolute Gasteiger partial charge is 0.573 e. The molecule has 11 nitrogen and oxygen atoms in total. The highest BCUT2D eigenvalue weighted by molar-refractivity contribution is 7.91. The molecule has 3 heterocycles. The molecule has 1 aromatic heterocycles. The first-order chi connectivity index (χ1) is 18.3. The molecule has 208 valence electrons. The SMILES string of the molecule is N[C@H]1CS(=O)(=O)c2ccc(-c3nnc(C4(N)CCOCC4)o3)cc2N(Cc2ccc(OC(F)(F)F)cc2)C1=O. The summed E-state index contributed by atoms with van der Waals surface area (Å²) in [5.74, 6) is -1.46. The van der Waals surface area contributed by atoms with Crippen molar-refractivity contribution in [1.29, 1.82) is 0 Å². The van der Waals surface area contributed by atoms with Gasteiger partial charge < -0.3 is 30.3 Å². The van der Waals surface area contributed by atoms with Crippen LogP contribution < -0.4 is 21.1 Å². The van der Waals surface area contributed by atoms with Crippen molar-refractivity contribution < 1.29 is 40.3 Å². The van der Waals surface area contributed by atoms with Crippen LogP contribution in [0.3, 0.4) is 0 Å². The van der Waals surface area contributed by atoms with Crippen LogP contribution >= 0.6 is 0 Å². The summed E-state index contributed by atoms with van der Waals surface area (Å²) in [6.07, 6.45) is -3.91. The number of hydrogen-bond donors (Lipinski definition) is 2. The maximum Gasteiger partial charge on any atom is 0.573 e. The number of rotatable bonds is 5. The Morgan fingerprint density at radius 3 is 2.46 bits per heavy atom. The third kappa shape index (κ3) is 5.61. The molecule has 1 atom stereocenters. The number of anilines is 1. The van der Waals surface area contributed by atoms with Crippen molar-refractivity contribution in [3.05, 3.63) is 53.9 Å². The summed E-state index contributed by atoms with van der Waals surface area (Å²) >= 11 is 0. The van der Waals surface area contributed by atoms with E-state index in [9.17, 15) is 26.4 Å². The van der Waals surface area contributed by atoms with E-state index in [1.54, 1.807) is 0 Å². The summed E-state index contributed by atoms with van der Waals surface area (Å²) in [7, 11) is -3.97. The summed E-state index contributed by atoms with van der Waals surface area (Å²) in [6.45, 7) is 0.697. The van der Waals surface area contributed by atoms with Gasteiger partial charge in [0.25, 0.3) is 0 Å². The van der Waals surface area contributed by atoms with Gasteiger partial charge in [-0.2, -0.15) is 0 Å². The number of hydrogen-bond acceptors (Lipinski definition) is 10. The fourth-order valence-electron chi connectivity index (χ4n) is 4.47. The highest BCUT2D eigenvalue weighted by atomic mass is 32.2. The van der Waals surface area contributed by atoms with Crippen molar-refractivity contribution >= 4 is 21.4 Å². The minimum atomic E-state index is -4.86. The molecule has 0 saturated carbocycles. The number of nitrogens with zero attached hydrogens (tertiary/aromatic N) is 3. The van der Waals surface area contributed by atoms with E-state index in [4.69, 9.17) is 20.6 Å². The van der Waals surface area contributed by atoms with Crippen molar-refractivity contribution in [1.82, 2.24) is 10.2 Å². The van der Waals surface area contributed by atoms with Gasteiger partial charge in [-0.1, -0.05) is 12.1 Å². The van der Waals surface area contributed by atoms with Gasteiger partial charge in [0.15, 0.2) is 9.84 Å². The second kappa shape index (κ2) is 9.89. The minimum Gasteiger partial charge on any atom is -0.419 e. The fraction of sp³-hybridized carbons (Fsp3) is 0.375. The predicted molar refractivity (Wildman–Crippen MR) is 130 cm³/mol. The molecule has 0 bridgehead atoms. The van der Waals surface area contributed by atoms with Crippen LogP contribution in [0.4, 0.5) is 18.9 Å². The van der Waals surface area contributed by atoms with Crippen LogP contribution in [0, 0.1) is 0 Å². The first-order valence-electron chi connectivity index (χ1n) is 11.8. The number of alkyl halides is 3. The van der Waals surface area contributed by atoms with Crippen molar-refractivity contribution in [2.24, 2.45) is 11.5 Å². The molecule has 0 unspecified atom stereocenters. The summed E-state index contributed by atoms with van der Waals surface area (Å²) < 4.78 is 78.8. The van der Waals surface area contributed by atoms with Crippen LogP contribution in [0.15, 0.2) is 51.8 Å². The van der Waals surface area contributed by atoms with Crippen LogP contribution in [0.1, 0.15) is 24.3 Å². The number of sulfone groups is 1. The van der Waals surface area contributed by atoms with E-state index in [1.165, 1.54) is 35.2 Å². The predicted octanol–water partition coefficient (Wildman–Crippen LogP) is 2.25. The normalized spacial score (nSPS) is 20.8. The topological polar surface area (TPSA) is 164 Å². The molecule has 2 aliphatic rings. The zero-order valence-corrected chi connectivity index (χ0v) is 21.2. The van der Waals surface area contributed by atoms with E-state index in [0.717, 1.165) is 12.1 Å². The molecular weight excluding hydrogens is 543 g/mol. The maximum absolute atomic E-state index is 13.2. The number of fused-ring (bicyclic) bond motifs is 1. The quantitative estimate of drug-likeness (QED) is 0.467. The number of nitrogens with two attached hydrogens (primary N) is 2. The van der Waals surface area contributed by atoms with E-state index in [-0.39, 0.29) is 28.9 Å². The van der Waals surface area contributed by atoms with Crippen molar-refractivity contribution in [3.8, 4) is 17.2 Å². The van der Waals surface area contributed by atoms with Crippen LogP contribution in [0.2, 0.25) is 0 Å². The number of ether oxygens (including phenoxy) is 2. The lowest BCUT2D eigenvalue weighted by molar-refractivity contribution is -0.274. The lowest BCUT2D eigenvalue weighted by Gasteiger charge is -2.29. The van der Waals surface area contributed by atoms with E-state index >= 15 is 0 Å². The lowest BCUT2D eigenvalue weighted by Crippen LogP contribution is -2.45. The Hall–Kier alpha value is -3.53. The first-order valence-corrected chi connectivity index (χ1v) is 13.5. The molecule has 5 rings (SSSR count). The molecule has 15 heteroatoms. The Labute approximate surface area is 220 Å². The third-order valence-electron chi connectivity index (χ3n) is 6.55. The van der Waals surface area contributed by atoms with Gasteiger partial charge in [-0.25, -0.2) is 8.42 Å². The second-order valence-electron chi connectivity index (χ2n) is 9.37.